The van der Waals surface area contributed by atoms with E-state index >= 15 is 0 Å². The van der Waals surface area contributed by atoms with Gasteiger partial charge in [0.2, 0.25) is 0 Å². The third kappa shape index (κ3) is 59.0. The summed E-state index contributed by atoms with van der Waals surface area (Å²) in [5.74, 6) is 0.576. The number of nitrogens with zero attached hydrogens (tertiary/aromatic N) is 7. The second kappa shape index (κ2) is 72.6. The van der Waals surface area contributed by atoms with Gasteiger partial charge in [-0.1, -0.05) is 105 Å². The Balaban J connectivity index is 0.000000673. The van der Waals surface area contributed by atoms with Gasteiger partial charge in [-0.05, 0) is 158 Å². The fourth-order valence-corrected chi connectivity index (χ4v) is 12.6. The molecule has 34 nitrogen and oxygen atoms in total. The number of rotatable bonds is 63. The molecule has 0 aromatic heterocycles. The SMILES string of the molecule is CC(C)(C)OC(=O)/C(C#N)=C/c1ccc(N(CCO)CCOC(=O)NCCOCCOCCCCCCCl)cc1.CC(C)(C)OC(=O)/C(C#N)=C/c1ccc(N(CCOC(=O)NCCCS(=O)(=O)[O-])CCOC(=O)NCCOCCOCCCCCCCl)cc1.CN1C(=O)/C(=C/c2ccc(N(C)CCOC(=O)NCCOCCOCCCCCCCl)cc2)N=C1c1ccccc1.[Na+]. The molecule has 0 fully saturated rings. The molecule has 5 N–H and O–H groups in total. The number of carbonyl (C=O) groups is 7. The number of unbranched alkanes of at least 4 members (excludes halogenated alkanes) is 9. The smallest absolute Gasteiger partial charge is 0.748 e. The number of likely N-dealkylation sites (N-methyl/N-ethyl adjacent to an activating group) is 2. The molecule has 5 rings (SSSR count). The molecule has 5 amide bonds. The van der Waals surface area contributed by atoms with E-state index in [-0.39, 0.29) is 119 Å². The van der Waals surface area contributed by atoms with Crippen LogP contribution in [0.5, 0.6) is 0 Å². The van der Waals surface area contributed by atoms with Crippen LogP contribution in [0.15, 0.2) is 125 Å². The number of hydrogen-bond acceptors (Lipinski definition) is 29. The van der Waals surface area contributed by atoms with E-state index in [1.807, 2.05) is 83.6 Å². The van der Waals surface area contributed by atoms with Crippen molar-refractivity contribution >= 4 is 128 Å². The van der Waals surface area contributed by atoms with Gasteiger partial charge in [0.05, 0.1) is 102 Å². The maximum absolute atomic E-state index is 12.7. The summed E-state index contributed by atoms with van der Waals surface area (Å²) in [5, 5.41) is 38.6. The van der Waals surface area contributed by atoms with Gasteiger partial charge < -0.3 is 102 Å². The quantitative estimate of drug-likeness (QED) is 0.00401. The zero-order valence-corrected chi connectivity index (χ0v) is 83.1. The zero-order valence-electron chi connectivity index (χ0n) is 78.1. The van der Waals surface area contributed by atoms with Crippen LogP contribution in [0, 0.1) is 22.7 Å². The van der Waals surface area contributed by atoms with Crippen LogP contribution in [0.25, 0.3) is 18.2 Å². The van der Waals surface area contributed by atoms with Gasteiger partial charge in [0.25, 0.3) is 5.91 Å². The standard InChI is InChI=1S/C33H51ClN4O11S.C31H41ClN4O5.C29H44ClN3O7.Na/c1-33(2,3)49-30(39)28(26-35)25-27-9-11-29(12-10-27)38(16-20-47-31(40)36-14-8-24-50(42,43)44)17-21-48-32(41)37-15-19-46-23-22-45-18-7-5-4-6-13-34;1-35(18-21-41-31(38)33-17-20-40-23-22-39-19-9-4-3-8-16-32)27-14-12-25(13-15-27)24-28-30(37)36(2)29(34-28)26-10-6-5-7-11-26;1-29(2,3)40-27(35)25(23-31)22-24-8-10-26(11-9-24)33(14-16-34)15-19-39-28(36)32-13-18-38-21-20-37-17-7-5-4-6-12-30;/h9-12,25H,4-8,13-24H2,1-3H3,(H,36,40)(H,37,41)(H,42,43,44);5-7,10-15,24H,3-4,8-9,16-23H2,1-2H3,(H,33,38);8-11,22,34H,4-7,12-21H2,1-3H3,(H,32,36);/q;;;+1/p-1/b28-25+;28-24-;25-22+;. The predicted octanol–water partition coefficient (Wildman–Crippen LogP) is 10.2. The van der Waals surface area contributed by atoms with E-state index in [2.05, 4.69) is 26.3 Å². The first-order chi connectivity index (χ1) is 62.9. The number of carbonyl (C=O) groups excluding carboxylic acids is 7. The van der Waals surface area contributed by atoms with E-state index in [9.17, 15) is 62.2 Å². The number of aliphatic hydroxyl groups excluding tert-OH is 1. The predicted molar refractivity (Wildman–Crippen MR) is 506 cm³/mol. The molecule has 0 unspecified atom stereocenters. The summed E-state index contributed by atoms with van der Waals surface area (Å²) in [6, 6.07) is 35.1. The second-order valence-electron chi connectivity index (χ2n) is 31.3. The monoisotopic (exact) mass is 1930 g/mol. The second-order valence-corrected chi connectivity index (χ2v) is 33.9. The molecule has 0 spiro atoms. The van der Waals surface area contributed by atoms with Gasteiger partial charge in [0.15, 0.2) is 0 Å². The van der Waals surface area contributed by atoms with Crippen LogP contribution >= 0.6 is 34.8 Å². The van der Waals surface area contributed by atoms with Crippen molar-refractivity contribution in [1.82, 2.24) is 26.2 Å². The largest absolute Gasteiger partial charge is 1.00 e. The van der Waals surface area contributed by atoms with Crippen LogP contribution in [0.2, 0.25) is 0 Å². The third-order valence-corrected chi connectivity index (χ3v) is 19.8. The number of anilines is 3. The molecule has 1 aliphatic rings. The number of nitrogens with one attached hydrogen (secondary N) is 4. The maximum atomic E-state index is 12.7. The summed E-state index contributed by atoms with van der Waals surface area (Å²) >= 11 is 17.0. The number of aliphatic hydroxyl groups is 1. The van der Waals surface area contributed by atoms with E-state index in [0.29, 0.717) is 139 Å². The summed E-state index contributed by atoms with van der Waals surface area (Å²) in [4.78, 5) is 97.1. The molecule has 0 saturated heterocycles. The van der Waals surface area contributed by atoms with Crippen molar-refractivity contribution in [3.8, 4) is 12.1 Å². The minimum atomic E-state index is -4.38. The zero-order chi connectivity index (χ0) is 96.2. The van der Waals surface area contributed by atoms with Crippen molar-refractivity contribution < 1.29 is 138 Å². The summed E-state index contributed by atoms with van der Waals surface area (Å²) in [6.07, 6.45) is 15.0. The molecule has 728 valence electrons. The molecular formula is C93H135Cl3N11NaO23S. The van der Waals surface area contributed by atoms with Gasteiger partial charge >= 0.3 is 65.9 Å². The van der Waals surface area contributed by atoms with Crippen LogP contribution < -0.4 is 65.5 Å². The Morgan fingerprint density at radius 2 is 0.803 bits per heavy atom. The van der Waals surface area contributed by atoms with Crippen molar-refractivity contribution in [3.05, 3.63) is 142 Å². The number of nitriles is 2. The number of alkyl halides is 3. The summed E-state index contributed by atoms with van der Waals surface area (Å²) in [5.41, 5.74) is 4.07. The Kier molecular flexibility index (Phi) is 65.6. The first-order valence-electron chi connectivity index (χ1n) is 44.1. The van der Waals surface area contributed by atoms with Crippen molar-refractivity contribution in [2.24, 2.45) is 4.99 Å². The van der Waals surface area contributed by atoms with Crippen LogP contribution in [-0.4, -0.2) is 291 Å². The van der Waals surface area contributed by atoms with E-state index in [1.165, 1.54) is 12.2 Å². The maximum Gasteiger partial charge on any atom is 1.00 e. The molecule has 0 radical (unpaired) electrons. The molecular weight excluding hydrogens is 1800 g/mol. The Hall–Kier alpha value is -8.86. The van der Waals surface area contributed by atoms with Crippen molar-refractivity contribution in [3.63, 3.8) is 0 Å². The fraction of sp³-hybridized carbons (Fsp3) is 0.570. The Bertz CT molecular complexity index is 4250. The molecule has 132 heavy (non-hydrogen) atoms. The average Bonchev–Trinajstić information content (AvgIpc) is 1.66. The minimum Gasteiger partial charge on any atom is -0.748 e. The molecule has 0 atom stereocenters. The summed E-state index contributed by atoms with van der Waals surface area (Å²) in [7, 11) is -0.722. The average molecular weight is 1940 g/mol. The van der Waals surface area contributed by atoms with Crippen LogP contribution in [0.4, 0.5) is 36.2 Å². The van der Waals surface area contributed by atoms with E-state index < -0.39 is 63.4 Å². The van der Waals surface area contributed by atoms with E-state index in [0.717, 1.165) is 112 Å². The Morgan fingerprint density at radius 3 is 1.16 bits per heavy atom. The number of amidine groups is 1. The van der Waals surface area contributed by atoms with Gasteiger partial charge in [-0.25, -0.2) is 42.2 Å². The molecule has 1 aliphatic heterocycles. The summed E-state index contributed by atoms with van der Waals surface area (Å²) in [6.45, 7) is 19.1. The van der Waals surface area contributed by atoms with Crippen LogP contribution in [0.3, 0.4) is 0 Å². The van der Waals surface area contributed by atoms with E-state index in [1.54, 1.807) is 113 Å². The number of amides is 5. The molecule has 4 aromatic rings. The van der Waals surface area contributed by atoms with Crippen LogP contribution in [-0.2, 0) is 81.3 Å². The summed E-state index contributed by atoms with van der Waals surface area (Å²) < 4.78 is 96.5. The minimum absolute atomic E-state index is 0. The fourth-order valence-electron chi connectivity index (χ4n) is 11.5. The third-order valence-electron chi connectivity index (χ3n) is 18.2. The number of esters is 2. The van der Waals surface area contributed by atoms with Crippen molar-refractivity contribution in [2.45, 2.75) is 136 Å². The molecule has 0 bridgehead atoms. The number of benzene rings is 4. The molecule has 0 saturated carbocycles. The first kappa shape index (κ1) is 119. The number of ether oxygens (including phenoxy) is 12. The number of aliphatic imine (C=N–C) groups is 1. The first-order valence-corrected chi connectivity index (χ1v) is 47.3. The number of halogens is 3. The number of alkyl carbamates (subject to hydrolysis) is 4. The van der Waals surface area contributed by atoms with E-state index in [4.69, 9.17) is 91.6 Å². The van der Waals surface area contributed by atoms with Gasteiger partial charge in [0, 0.05) is 113 Å². The Morgan fingerprint density at radius 1 is 0.462 bits per heavy atom. The molecule has 4 aromatic carbocycles. The topological polar surface area (TPSA) is 429 Å². The van der Waals surface area contributed by atoms with Gasteiger partial charge in [-0.15, -0.1) is 34.8 Å². The van der Waals surface area contributed by atoms with Crippen molar-refractivity contribution in [1.29, 1.82) is 10.5 Å². The van der Waals surface area contributed by atoms with Gasteiger partial charge in [-0.2, -0.15) is 10.5 Å². The normalized spacial score (nSPS) is 12.3. The Labute approximate surface area is 816 Å². The van der Waals surface area contributed by atoms with Crippen LogP contribution in [0.1, 0.15) is 147 Å². The van der Waals surface area contributed by atoms with Gasteiger partial charge in [0.1, 0.15) is 72.4 Å². The molecule has 39 heteroatoms. The molecule has 1 heterocycles. The molecule has 0 aliphatic carbocycles. The number of hydrogen-bond donors (Lipinski definition) is 5. The van der Waals surface area contributed by atoms with Gasteiger partial charge in [-0.3, -0.25) is 9.69 Å². The van der Waals surface area contributed by atoms with Crippen molar-refractivity contribution in [2.75, 3.05) is 223 Å².